The Morgan fingerprint density at radius 2 is 1.38 bits per heavy atom. The van der Waals surface area contributed by atoms with E-state index in [4.69, 9.17) is 4.74 Å². The zero-order valence-corrected chi connectivity index (χ0v) is 17.3. The largest absolute Gasteiger partial charge is 0.462 e. The van der Waals surface area contributed by atoms with E-state index >= 15 is 0 Å². The Labute approximate surface area is 152 Å². The van der Waals surface area contributed by atoms with Crippen molar-refractivity contribution in [1.82, 2.24) is 0 Å². The first-order chi connectivity index (χ1) is 11.6. The van der Waals surface area contributed by atoms with Gasteiger partial charge in [0.15, 0.2) is 0 Å². The van der Waals surface area contributed by atoms with Gasteiger partial charge in [-0.1, -0.05) is 86.0 Å². The van der Waals surface area contributed by atoms with Crippen LogP contribution in [0.25, 0.3) is 0 Å². The lowest BCUT2D eigenvalue weighted by molar-refractivity contribution is -0.164. The third-order valence-electron chi connectivity index (χ3n) is 5.49. The second-order valence-electron chi connectivity index (χ2n) is 7.48. The molecule has 0 saturated heterocycles. The number of ether oxygens (including phenoxy) is 1. The van der Waals surface area contributed by atoms with Gasteiger partial charge >= 0.3 is 5.97 Å². The van der Waals surface area contributed by atoms with Gasteiger partial charge in [-0.2, -0.15) is 0 Å². The summed E-state index contributed by atoms with van der Waals surface area (Å²) >= 11 is 0. The first-order valence-corrected chi connectivity index (χ1v) is 10.8. The van der Waals surface area contributed by atoms with Gasteiger partial charge < -0.3 is 4.74 Å². The van der Waals surface area contributed by atoms with Crippen LogP contribution < -0.4 is 0 Å². The fourth-order valence-corrected chi connectivity index (χ4v) is 3.48. The van der Waals surface area contributed by atoms with Crippen LogP contribution in [0.1, 0.15) is 125 Å². The van der Waals surface area contributed by atoms with Crippen molar-refractivity contribution in [1.29, 1.82) is 0 Å². The van der Waals surface area contributed by atoms with Crippen molar-refractivity contribution < 1.29 is 9.53 Å². The molecule has 0 aliphatic carbocycles. The van der Waals surface area contributed by atoms with E-state index in [9.17, 15) is 4.79 Å². The molecule has 0 aromatic rings. The zero-order chi connectivity index (χ0) is 18.3. The normalized spacial score (nSPS) is 15.0. The van der Waals surface area contributed by atoms with E-state index < -0.39 is 0 Å². The Balaban J connectivity index is 4.78. The van der Waals surface area contributed by atoms with Gasteiger partial charge in [-0.25, -0.2) is 0 Å². The standard InChI is InChI=1S/C22H44O2/c1-6-11-14-16-19-22(10-5,18-13-8-3)21(23)24-20(9-4)17-15-12-7-2/h20H,6-19H2,1-5H3. The summed E-state index contributed by atoms with van der Waals surface area (Å²) in [7, 11) is 0. The van der Waals surface area contributed by atoms with Gasteiger partial charge in [0.2, 0.25) is 0 Å². The highest BCUT2D eigenvalue weighted by Gasteiger charge is 2.38. The molecule has 0 aliphatic heterocycles. The van der Waals surface area contributed by atoms with Crippen LogP contribution >= 0.6 is 0 Å². The molecule has 2 nitrogen and oxygen atoms in total. The maximum absolute atomic E-state index is 13.0. The van der Waals surface area contributed by atoms with Crippen molar-refractivity contribution in [3.63, 3.8) is 0 Å². The highest BCUT2D eigenvalue weighted by atomic mass is 16.5. The van der Waals surface area contributed by atoms with E-state index in [1.165, 1.54) is 38.5 Å². The SMILES string of the molecule is CCCCCCC(CC)(CCCC)C(=O)OC(CC)CCCCC. The summed E-state index contributed by atoms with van der Waals surface area (Å²) in [6.07, 6.45) is 15.8. The fourth-order valence-electron chi connectivity index (χ4n) is 3.48. The highest BCUT2D eigenvalue weighted by Crippen LogP contribution is 2.37. The molecule has 0 amide bonds. The molecule has 0 rings (SSSR count). The number of esters is 1. The van der Waals surface area contributed by atoms with Gasteiger partial charge in [0.1, 0.15) is 6.10 Å². The molecule has 0 heterocycles. The molecular weight excluding hydrogens is 296 g/mol. The summed E-state index contributed by atoms with van der Waals surface area (Å²) in [5.74, 6) is 0.0956. The molecule has 0 aromatic heterocycles. The lowest BCUT2D eigenvalue weighted by Gasteiger charge is -2.32. The van der Waals surface area contributed by atoms with Crippen LogP contribution in [0, 0.1) is 5.41 Å². The van der Waals surface area contributed by atoms with Gasteiger partial charge in [-0.05, 0) is 38.5 Å². The highest BCUT2D eigenvalue weighted by molar-refractivity contribution is 5.77. The quantitative estimate of drug-likeness (QED) is 0.215. The zero-order valence-electron chi connectivity index (χ0n) is 17.3. The fraction of sp³-hybridized carbons (Fsp3) is 0.955. The average Bonchev–Trinajstić information content (AvgIpc) is 2.60. The van der Waals surface area contributed by atoms with Crippen LogP contribution in [-0.2, 0) is 9.53 Å². The van der Waals surface area contributed by atoms with Crippen LogP contribution in [0.2, 0.25) is 0 Å². The lowest BCUT2D eigenvalue weighted by Crippen LogP contribution is -2.35. The second kappa shape index (κ2) is 14.8. The van der Waals surface area contributed by atoms with Crippen LogP contribution in [-0.4, -0.2) is 12.1 Å². The Morgan fingerprint density at radius 1 is 0.792 bits per heavy atom. The van der Waals surface area contributed by atoms with Crippen LogP contribution in [0.5, 0.6) is 0 Å². The minimum atomic E-state index is -0.234. The van der Waals surface area contributed by atoms with Gasteiger partial charge in [0.25, 0.3) is 0 Å². The molecule has 0 saturated carbocycles. The van der Waals surface area contributed by atoms with E-state index in [1.807, 2.05) is 0 Å². The molecule has 0 aromatic carbocycles. The average molecular weight is 341 g/mol. The molecule has 2 unspecified atom stereocenters. The van der Waals surface area contributed by atoms with E-state index in [-0.39, 0.29) is 17.5 Å². The molecule has 24 heavy (non-hydrogen) atoms. The molecule has 0 aliphatic rings. The Morgan fingerprint density at radius 3 is 1.92 bits per heavy atom. The van der Waals surface area contributed by atoms with E-state index in [2.05, 4.69) is 34.6 Å². The number of hydrogen-bond donors (Lipinski definition) is 0. The Hall–Kier alpha value is -0.530. The van der Waals surface area contributed by atoms with Crippen molar-refractivity contribution in [2.75, 3.05) is 0 Å². The number of rotatable bonds is 16. The molecule has 0 N–H and O–H groups in total. The number of carbonyl (C=O) groups is 1. The Kier molecular flexibility index (Phi) is 14.5. The molecular formula is C22H44O2. The molecule has 144 valence electrons. The summed E-state index contributed by atoms with van der Waals surface area (Å²) in [6.45, 7) is 11.0. The number of hydrogen-bond acceptors (Lipinski definition) is 2. The number of unbranched alkanes of at least 4 members (excludes halogenated alkanes) is 6. The van der Waals surface area contributed by atoms with Crippen molar-refractivity contribution in [2.45, 2.75) is 131 Å². The smallest absolute Gasteiger partial charge is 0.312 e. The molecule has 0 radical (unpaired) electrons. The van der Waals surface area contributed by atoms with Crippen LogP contribution in [0.15, 0.2) is 0 Å². The maximum atomic E-state index is 13.0. The molecule has 2 heteroatoms. The van der Waals surface area contributed by atoms with E-state index in [0.29, 0.717) is 0 Å². The van der Waals surface area contributed by atoms with Gasteiger partial charge in [-0.3, -0.25) is 4.79 Å². The van der Waals surface area contributed by atoms with Crippen molar-refractivity contribution in [2.24, 2.45) is 5.41 Å². The third-order valence-corrected chi connectivity index (χ3v) is 5.49. The predicted molar refractivity (Wildman–Crippen MR) is 105 cm³/mol. The molecule has 2 atom stereocenters. The predicted octanol–water partition coefficient (Wildman–Crippen LogP) is 7.45. The van der Waals surface area contributed by atoms with E-state index in [1.54, 1.807) is 0 Å². The minimum absolute atomic E-state index is 0.0956. The second-order valence-corrected chi connectivity index (χ2v) is 7.48. The summed E-state index contributed by atoms with van der Waals surface area (Å²) in [6, 6.07) is 0. The molecule has 0 spiro atoms. The maximum Gasteiger partial charge on any atom is 0.312 e. The topological polar surface area (TPSA) is 26.3 Å². The van der Waals surface area contributed by atoms with E-state index in [0.717, 1.165) is 51.4 Å². The summed E-state index contributed by atoms with van der Waals surface area (Å²) in [4.78, 5) is 13.0. The van der Waals surface area contributed by atoms with Gasteiger partial charge in [-0.15, -0.1) is 0 Å². The van der Waals surface area contributed by atoms with Gasteiger partial charge in [0.05, 0.1) is 5.41 Å². The number of carbonyl (C=O) groups excluding carboxylic acids is 1. The van der Waals surface area contributed by atoms with Crippen molar-refractivity contribution in [3.05, 3.63) is 0 Å². The molecule has 0 fully saturated rings. The summed E-state index contributed by atoms with van der Waals surface area (Å²) in [5.41, 5.74) is -0.234. The van der Waals surface area contributed by atoms with Crippen LogP contribution in [0.3, 0.4) is 0 Å². The summed E-state index contributed by atoms with van der Waals surface area (Å²) in [5, 5.41) is 0. The third kappa shape index (κ3) is 9.08. The minimum Gasteiger partial charge on any atom is -0.462 e. The first-order valence-electron chi connectivity index (χ1n) is 10.8. The van der Waals surface area contributed by atoms with Crippen molar-refractivity contribution >= 4 is 5.97 Å². The lowest BCUT2D eigenvalue weighted by atomic mass is 9.76. The van der Waals surface area contributed by atoms with Crippen LogP contribution in [0.4, 0.5) is 0 Å². The van der Waals surface area contributed by atoms with Crippen molar-refractivity contribution in [3.8, 4) is 0 Å². The monoisotopic (exact) mass is 340 g/mol. The van der Waals surface area contributed by atoms with Gasteiger partial charge in [0, 0.05) is 0 Å². The first kappa shape index (κ1) is 23.5. The Bertz CT molecular complexity index is 300. The molecule has 0 bridgehead atoms. The summed E-state index contributed by atoms with van der Waals surface area (Å²) < 4.78 is 6.02.